The molecule has 4 aliphatic rings. The van der Waals surface area contributed by atoms with Crippen LogP contribution in [0, 0.1) is 17.3 Å². The lowest BCUT2D eigenvalue weighted by Gasteiger charge is -2.65. The van der Waals surface area contributed by atoms with E-state index < -0.39 is 5.79 Å². The number of unbranched alkanes of at least 4 members (excludes halogenated alkanes) is 8. The molecule has 0 spiro atoms. The first kappa shape index (κ1) is 22.0. The lowest BCUT2D eigenvalue weighted by atomic mass is 9.42. The first-order chi connectivity index (χ1) is 12.8. The van der Waals surface area contributed by atoms with Gasteiger partial charge in [0.1, 0.15) is 5.60 Å². The normalized spacial score (nSPS) is 35.7. The van der Waals surface area contributed by atoms with E-state index >= 15 is 0 Å². The summed E-state index contributed by atoms with van der Waals surface area (Å²) < 4.78 is 13.1. The minimum Gasteiger partial charge on any atom is -0.344 e. The van der Waals surface area contributed by atoms with Gasteiger partial charge in [0.2, 0.25) is 0 Å². The maximum Gasteiger partial charge on any atom is 0.164 e. The van der Waals surface area contributed by atoms with E-state index in [1.165, 1.54) is 82.8 Å². The van der Waals surface area contributed by atoms with Crippen LogP contribution in [0.3, 0.4) is 0 Å². The van der Waals surface area contributed by atoms with Crippen molar-refractivity contribution in [2.75, 3.05) is 12.0 Å². The fourth-order valence-corrected chi connectivity index (χ4v) is 6.80. The molecule has 1 heterocycles. The van der Waals surface area contributed by atoms with Crippen molar-refractivity contribution in [2.24, 2.45) is 17.3 Å². The van der Waals surface area contributed by atoms with Crippen molar-refractivity contribution in [3.8, 4) is 0 Å². The molecule has 158 valence electrons. The van der Waals surface area contributed by atoms with Gasteiger partial charge in [0.05, 0.1) is 6.10 Å². The zero-order valence-electron chi connectivity index (χ0n) is 18.6. The molecule has 4 rings (SSSR count). The van der Waals surface area contributed by atoms with Gasteiger partial charge in [-0.05, 0) is 68.8 Å². The maximum atomic E-state index is 6.69. The Morgan fingerprint density at radius 1 is 0.815 bits per heavy atom. The lowest BCUT2D eigenvalue weighted by Crippen LogP contribution is -2.66. The average molecular weight is 397 g/mol. The van der Waals surface area contributed by atoms with Crippen LogP contribution in [0.4, 0.5) is 0 Å². The Hall–Kier alpha value is 0.270. The van der Waals surface area contributed by atoms with Gasteiger partial charge in [-0.1, -0.05) is 65.2 Å². The van der Waals surface area contributed by atoms with Gasteiger partial charge in [-0.25, -0.2) is 0 Å². The van der Waals surface area contributed by atoms with Crippen LogP contribution >= 0.6 is 11.8 Å². The summed E-state index contributed by atoms with van der Waals surface area (Å²) in [4.78, 5) is 0. The second kappa shape index (κ2) is 8.96. The van der Waals surface area contributed by atoms with Crippen LogP contribution in [0.25, 0.3) is 0 Å². The van der Waals surface area contributed by atoms with Gasteiger partial charge in [0.25, 0.3) is 0 Å². The Kier molecular flexibility index (Phi) is 7.29. The van der Waals surface area contributed by atoms with Crippen LogP contribution < -0.4 is 0 Å². The van der Waals surface area contributed by atoms with Gasteiger partial charge >= 0.3 is 0 Å². The van der Waals surface area contributed by atoms with E-state index in [1.54, 1.807) is 0 Å². The summed E-state index contributed by atoms with van der Waals surface area (Å²) in [6.45, 7) is 9.18. The van der Waals surface area contributed by atoms with Crippen LogP contribution in [-0.2, 0) is 9.47 Å². The molecule has 3 aliphatic carbocycles. The highest BCUT2D eigenvalue weighted by Crippen LogP contribution is 2.68. The van der Waals surface area contributed by atoms with Crippen molar-refractivity contribution in [1.82, 2.24) is 0 Å². The fraction of sp³-hybridized carbons (Fsp3) is 1.00. The van der Waals surface area contributed by atoms with Gasteiger partial charge in [0.15, 0.2) is 5.79 Å². The van der Waals surface area contributed by atoms with Gasteiger partial charge in [-0.2, -0.15) is 11.8 Å². The lowest BCUT2D eigenvalue weighted by molar-refractivity contribution is -0.232. The van der Waals surface area contributed by atoms with Crippen LogP contribution in [0.2, 0.25) is 0 Å². The van der Waals surface area contributed by atoms with E-state index in [2.05, 4.69) is 34.0 Å². The Labute approximate surface area is 172 Å². The summed E-state index contributed by atoms with van der Waals surface area (Å²) in [5.41, 5.74) is 0.440. The minimum absolute atomic E-state index is 0.000953. The zero-order valence-corrected chi connectivity index (χ0v) is 19.5. The van der Waals surface area contributed by atoms with E-state index in [1.807, 2.05) is 11.8 Å². The van der Waals surface area contributed by atoms with Crippen molar-refractivity contribution in [3.05, 3.63) is 0 Å². The van der Waals surface area contributed by atoms with Gasteiger partial charge in [-0.15, -0.1) is 0 Å². The molecule has 2 bridgehead atoms. The number of thioether (sulfide) groups is 1. The molecule has 0 unspecified atom stereocenters. The third-order valence-electron chi connectivity index (χ3n) is 7.88. The number of rotatable bonds is 12. The van der Waals surface area contributed by atoms with Gasteiger partial charge in [0, 0.05) is 0 Å². The number of hydrogen-bond donors (Lipinski definition) is 0. The van der Waals surface area contributed by atoms with Crippen LogP contribution in [-0.4, -0.2) is 29.5 Å². The fourth-order valence-electron chi connectivity index (χ4n) is 6.31. The van der Waals surface area contributed by atoms with Crippen LogP contribution in [0.15, 0.2) is 0 Å². The van der Waals surface area contributed by atoms with Crippen molar-refractivity contribution in [3.63, 3.8) is 0 Å². The Morgan fingerprint density at radius 2 is 1.41 bits per heavy atom. The van der Waals surface area contributed by atoms with Gasteiger partial charge in [-0.3, -0.25) is 0 Å². The molecule has 0 amide bonds. The molecule has 3 saturated carbocycles. The SMILES string of the molecule is CSCCCCCCCCCCC[C@]12OC(C)(C)O[C@H]1C[C@H]1C[C@@H]2C1(C)C. The maximum absolute atomic E-state index is 6.69. The third kappa shape index (κ3) is 4.72. The van der Waals surface area contributed by atoms with Crippen LogP contribution in [0.5, 0.6) is 0 Å². The monoisotopic (exact) mass is 396 g/mol. The molecule has 2 nitrogen and oxygen atoms in total. The smallest absolute Gasteiger partial charge is 0.164 e. The summed E-state index contributed by atoms with van der Waals surface area (Å²) in [5, 5.41) is 0. The molecule has 0 N–H and O–H groups in total. The summed E-state index contributed by atoms with van der Waals surface area (Å²) in [7, 11) is 0. The van der Waals surface area contributed by atoms with E-state index in [-0.39, 0.29) is 5.60 Å². The molecule has 0 aromatic carbocycles. The molecule has 4 atom stereocenters. The molecule has 0 aromatic heterocycles. The largest absolute Gasteiger partial charge is 0.344 e. The van der Waals surface area contributed by atoms with E-state index in [0.29, 0.717) is 17.4 Å². The molecular formula is C24H44O2S. The molecule has 3 heteroatoms. The Balaban J connectivity index is 1.37. The number of hydrogen-bond acceptors (Lipinski definition) is 3. The highest BCUT2D eigenvalue weighted by molar-refractivity contribution is 7.98. The minimum atomic E-state index is -0.394. The second-order valence-electron chi connectivity index (χ2n) is 10.5. The van der Waals surface area contributed by atoms with Crippen molar-refractivity contribution in [1.29, 1.82) is 0 Å². The van der Waals surface area contributed by atoms with Crippen LogP contribution in [0.1, 0.15) is 105 Å². The summed E-state index contributed by atoms with van der Waals surface area (Å²) >= 11 is 1.98. The summed E-state index contributed by atoms with van der Waals surface area (Å²) in [6.07, 6.45) is 18.9. The van der Waals surface area contributed by atoms with Crippen molar-refractivity contribution >= 4 is 11.8 Å². The molecule has 1 aliphatic heterocycles. The Morgan fingerprint density at radius 3 is 2.00 bits per heavy atom. The van der Waals surface area contributed by atoms with Crippen molar-refractivity contribution < 1.29 is 9.47 Å². The van der Waals surface area contributed by atoms with Crippen molar-refractivity contribution in [2.45, 2.75) is 122 Å². The summed E-state index contributed by atoms with van der Waals surface area (Å²) in [6, 6.07) is 0. The molecular weight excluding hydrogens is 352 g/mol. The molecule has 4 fully saturated rings. The summed E-state index contributed by atoms with van der Waals surface area (Å²) in [5.74, 6) is 2.48. The number of ether oxygens (including phenoxy) is 2. The second-order valence-corrected chi connectivity index (χ2v) is 11.5. The topological polar surface area (TPSA) is 18.5 Å². The highest BCUT2D eigenvalue weighted by Gasteiger charge is 2.70. The molecule has 27 heavy (non-hydrogen) atoms. The first-order valence-corrected chi connectivity index (χ1v) is 13.1. The zero-order chi connectivity index (χ0) is 19.5. The third-order valence-corrected chi connectivity index (χ3v) is 8.58. The predicted octanol–water partition coefficient (Wildman–Crippen LogP) is 7.21. The quantitative estimate of drug-likeness (QED) is 0.325. The van der Waals surface area contributed by atoms with E-state index in [0.717, 1.165) is 5.92 Å². The Bertz CT molecular complexity index is 475. The molecule has 0 aromatic rings. The molecule has 1 saturated heterocycles. The average Bonchev–Trinajstić information content (AvgIpc) is 2.89. The van der Waals surface area contributed by atoms with E-state index in [9.17, 15) is 0 Å². The molecule has 0 radical (unpaired) electrons. The van der Waals surface area contributed by atoms with E-state index in [4.69, 9.17) is 9.47 Å². The first-order valence-electron chi connectivity index (χ1n) is 11.7. The highest BCUT2D eigenvalue weighted by atomic mass is 32.2. The van der Waals surface area contributed by atoms with Gasteiger partial charge < -0.3 is 9.47 Å². The predicted molar refractivity (Wildman–Crippen MR) is 117 cm³/mol. The standard InChI is InChI=1S/C24H44O2S/c1-22(2)19-17-20(22)24(21(18-19)25-23(3,4)26-24)15-13-11-9-7-6-8-10-12-14-16-27-5/h19-21H,6-18H2,1-5H3/t19-,20-,21+,24-/m1/s1.